The third-order valence-corrected chi connectivity index (χ3v) is 2.45. The number of carbonyl (C=O) groups is 1. The molecule has 18 heavy (non-hydrogen) atoms. The average molecular weight is 260 g/mol. The summed E-state index contributed by atoms with van der Waals surface area (Å²) in [6.45, 7) is -0.219. The number of fused-ring (bicyclic) bond motifs is 1. The van der Waals surface area contributed by atoms with Gasteiger partial charge in [-0.2, -0.15) is 0 Å². The Kier molecular flexibility index (Phi) is 4.49. The Hall–Kier alpha value is -1.38. The van der Waals surface area contributed by atoms with Gasteiger partial charge in [-0.15, -0.1) is 0 Å². The third-order valence-electron chi connectivity index (χ3n) is 2.45. The molecule has 0 aliphatic heterocycles. The van der Waals surface area contributed by atoms with E-state index < -0.39 is 23.6 Å². The van der Waals surface area contributed by atoms with Gasteiger partial charge in [-0.05, 0) is 0 Å². The number of aromatic amines is 1. The van der Waals surface area contributed by atoms with Crippen molar-refractivity contribution in [3.8, 4) is 0 Å². The minimum atomic E-state index is -1.32. The van der Waals surface area contributed by atoms with Crippen molar-refractivity contribution in [3.63, 3.8) is 0 Å². The molecular weight excluding hydrogens is 251 g/mol. The van der Waals surface area contributed by atoms with E-state index in [9.17, 15) is 19.5 Å². The van der Waals surface area contributed by atoms with E-state index in [2.05, 4.69) is 9.97 Å². The van der Waals surface area contributed by atoms with Crippen LogP contribution in [0.4, 0.5) is 0 Å². The van der Waals surface area contributed by atoms with Crippen molar-refractivity contribution in [2.45, 2.75) is 13.0 Å². The summed E-state index contributed by atoms with van der Waals surface area (Å²) in [7, 11) is 1.46. The largest absolute Gasteiger partial charge is 1.00 e. The van der Waals surface area contributed by atoms with Gasteiger partial charge in [-0.1, -0.05) is 0 Å². The van der Waals surface area contributed by atoms with Crippen molar-refractivity contribution < 1.29 is 39.5 Å². The van der Waals surface area contributed by atoms with Crippen LogP contribution in [0.15, 0.2) is 15.9 Å². The summed E-state index contributed by atoms with van der Waals surface area (Å²) in [6.07, 6.45) is 0.906. The van der Waals surface area contributed by atoms with E-state index >= 15 is 0 Å². The first kappa shape index (κ1) is 14.7. The second-order valence-corrected chi connectivity index (χ2v) is 3.52. The monoisotopic (exact) mass is 260 g/mol. The number of H-pyrrole nitrogens is 1. The van der Waals surface area contributed by atoms with Crippen LogP contribution in [0.1, 0.15) is 6.42 Å². The van der Waals surface area contributed by atoms with Gasteiger partial charge in [0, 0.05) is 26.0 Å². The smallest absolute Gasteiger partial charge is 0.550 e. The van der Waals surface area contributed by atoms with Gasteiger partial charge in [-0.25, -0.2) is 9.78 Å². The number of hydrogen-bond acceptors (Lipinski definition) is 5. The zero-order valence-electron chi connectivity index (χ0n) is 9.97. The van der Waals surface area contributed by atoms with Gasteiger partial charge >= 0.3 is 35.2 Å². The first-order chi connectivity index (χ1) is 8.02. The molecule has 2 heterocycles. The second kappa shape index (κ2) is 5.51. The van der Waals surface area contributed by atoms with Gasteiger partial charge in [0.2, 0.25) is 0 Å². The number of hydrogen-bond donors (Lipinski definition) is 1. The molecule has 0 unspecified atom stereocenters. The Bertz CT molecular complexity index is 699. The SMILES string of the molecule is Cn1c(=O)n(CCC(=O)[O-])c(=O)c2[nH]cnc21.[Na+]. The summed E-state index contributed by atoms with van der Waals surface area (Å²) in [5.41, 5.74) is -0.771. The maximum absolute atomic E-state index is 11.8. The molecule has 1 N–H and O–H groups in total. The number of carboxylic acid groups (broad SMARTS) is 1. The first-order valence-electron chi connectivity index (χ1n) is 4.85. The summed E-state index contributed by atoms with van der Waals surface area (Å²) in [5, 5.41) is 10.3. The van der Waals surface area contributed by atoms with E-state index in [-0.39, 0.29) is 47.3 Å². The van der Waals surface area contributed by atoms with Crippen LogP contribution in [0.5, 0.6) is 0 Å². The zero-order chi connectivity index (χ0) is 12.6. The van der Waals surface area contributed by atoms with Crippen LogP contribution in [0, 0.1) is 0 Å². The van der Waals surface area contributed by atoms with Crippen LogP contribution in [-0.4, -0.2) is 25.1 Å². The first-order valence-corrected chi connectivity index (χ1v) is 4.85. The molecule has 0 saturated heterocycles. The van der Waals surface area contributed by atoms with Gasteiger partial charge in [0.05, 0.1) is 6.33 Å². The van der Waals surface area contributed by atoms with Crippen molar-refractivity contribution in [2.75, 3.05) is 0 Å². The van der Waals surface area contributed by atoms with Crippen molar-refractivity contribution in [3.05, 3.63) is 27.2 Å². The summed E-state index contributed by atoms with van der Waals surface area (Å²) in [4.78, 5) is 40.4. The number of aryl methyl sites for hydroxylation is 1. The summed E-state index contributed by atoms with van der Waals surface area (Å²) >= 11 is 0. The molecule has 0 amide bonds. The van der Waals surface area contributed by atoms with E-state index in [0.717, 1.165) is 4.57 Å². The van der Waals surface area contributed by atoms with Crippen molar-refractivity contribution in [1.82, 2.24) is 19.1 Å². The number of nitrogens with zero attached hydrogens (tertiary/aromatic N) is 3. The fraction of sp³-hybridized carbons (Fsp3) is 0.333. The number of aromatic nitrogens is 4. The van der Waals surface area contributed by atoms with Gasteiger partial charge < -0.3 is 14.9 Å². The molecule has 2 aromatic rings. The van der Waals surface area contributed by atoms with Crippen LogP contribution in [0.25, 0.3) is 11.2 Å². The van der Waals surface area contributed by atoms with E-state index in [1.165, 1.54) is 17.9 Å². The van der Waals surface area contributed by atoms with E-state index in [0.29, 0.717) is 0 Å². The number of nitrogens with one attached hydrogen (secondary N) is 1. The van der Waals surface area contributed by atoms with Crippen molar-refractivity contribution in [1.29, 1.82) is 0 Å². The van der Waals surface area contributed by atoms with Gasteiger partial charge in [0.15, 0.2) is 5.65 Å². The number of rotatable bonds is 3. The molecule has 0 aliphatic carbocycles. The number of imidazole rings is 1. The van der Waals surface area contributed by atoms with Gasteiger partial charge in [0.25, 0.3) is 5.56 Å². The molecule has 8 nitrogen and oxygen atoms in total. The Labute approximate surface area is 123 Å². The van der Waals surface area contributed by atoms with Crippen LogP contribution < -0.4 is 45.9 Å². The topological polar surface area (TPSA) is 113 Å². The summed E-state index contributed by atoms with van der Waals surface area (Å²) in [6, 6.07) is 0. The second-order valence-electron chi connectivity index (χ2n) is 3.52. The molecule has 0 aromatic carbocycles. The molecule has 0 saturated carbocycles. The van der Waals surface area contributed by atoms with Crippen LogP contribution >= 0.6 is 0 Å². The summed E-state index contributed by atoms with van der Waals surface area (Å²) < 4.78 is 2.03. The average Bonchev–Trinajstić information content (AvgIpc) is 2.75. The van der Waals surface area contributed by atoms with Crippen LogP contribution in [0.3, 0.4) is 0 Å². The number of carbonyl (C=O) groups excluding carboxylic acids is 1. The number of carboxylic acids is 1. The molecular formula is C9H9N4NaO4. The quantitative estimate of drug-likeness (QED) is 0.553. The molecule has 90 valence electrons. The Morgan fingerprint density at radius 2 is 2.17 bits per heavy atom. The van der Waals surface area contributed by atoms with E-state index in [1.807, 2.05) is 0 Å². The van der Waals surface area contributed by atoms with Crippen LogP contribution in [0.2, 0.25) is 0 Å². The minimum Gasteiger partial charge on any atom is -0.550 e. The number of aliphatic carboxylic acids is 1. The molecule has 0 spiro atoms. The van der Waals surface area contributed by atoms with E-state index in [4.69, 9.17) is 0 Å². The minimum absolute atomic E-state index is 0. The fourth-order valence-electron chi connectivity index (χ4n) is 1.59. The third kappa shape index (κ3) is 2.40. The summed E-state index contributed by atoms with van der Waals surface area (Å²) in [5.74, 6) is -1.32. The maximum Gasteiger partial charge on any atom is 1.00 e. The molecule has 0 radical (unpaired) electrons. The van der Waals surface area contributed by atoms with E-state index in [1.54, 1.807) is 0 Å². The fourth-order valence-corrected chi connectivity index (χ4v) is 1.59. The standard InChI is InChI=1S/C9H10N4O4.Na/c1-12-7-6(10-4-11-7)8(16)13(9(12)17)3-2-5(14)15;/h4H,2-3H2,1H3,(H,10,11)(H,14,15);/q;+1/p-1. The molecule has 0 bridgehead atoms. The zero-order valence-corrected chi connectivity index (χ0v) is 12.0. The maximum atomic E-state index is 11.8. The normalized spacial score (nSPS) is 10.3. The Morgan fingerprint density at radius 3 is 2.78 bits per heavy atom. The van der Waals surface area contributed by atoms with Crippen molar-refractivity contribution >= 4 is 17.1 Å². The molecule has 9 heteroatoms. The molecule has 0 fully saturated rings. The van der Waals surface area contributed by atoms with Crippen molar-refractivity contribution in [2.24, 2.45) is 7.05 Å². The van der Waals surface area contributed by atoms with Gasteiger partial charge in [-0.3, -0.25) is 13.9 Å². The van der Waals surface area contributed by atoms with Gasteiger partial charge in [0.1, 0.15) is 5.52 Å². The molecule has 2 rings (SSSR count). The predicted octanol–water partition coefficient (Wildman–Crippen LogP) is -5.43. The van der Waals surface area contributed by atoms with Crippen LogP contribution in [-0.2, 0) is 18.4 Å². The molecule has 0 atom stereocenters. The molecule has 2 aromatic heterocycles. The Morgan fingerprint density at radius 1 is 1.50 bits per heavy atom. The predicted molar refractivity (Wildman–Crippen MR) is 55.2 cm³/mol. The molecule has 0 aliphatic rings. The Balaban J connectivity index is 0.00000162.